The second kappa shape index (κ2) is 7.14. The largest absolute Gasteiger partial charge is 0.454 e. The summed E-state index contributed by atoms with van der Waals surface area (Å²) in [6.45, 7) is 6.91. The molecule has 0 bridgehead atoms. The summed E-state index contributed by atoms with van der Waals surface area (Å²) in [4.78, 5) is 13.9. The average Bonchev–Trinajstić information content (AvgIpc) is 2.92. The summed E-state index contributed by atoms with van der Waals surface area (Å²) in [5.74, 6) is 1.65. The van der Waals surface area contributed by atoms with Crippen LogP contribution in [0, 0.1) is 0 Å². The maximum absolute atomic E-state index is 12.1. The van der Waals surface area contributed by atoms with Crippen LogP contribution in [0.5, 0.6) is 11.5 Å². The van der Waals surface area contributed by atoms with Crippen LogP contribution in [0.3, 0.4) is 0 Å². The van der Waals surface area contributed by atoms with Gasteiger partial charge in [-0.25, -0.2) is 0 Å². The normalized spacial score (nSPS) is 12.5. The first-order valence-corrected chi connectivity index (χ1v) is 7.11. The molecule has 1 aliphatic rings. The fraction of sp³-hybridized carbons (Fsp3) is 0.533. The molecule has 0 aromatic heterocycles. The molecule has 0 spiro atoms. The van der Waals surface area contributed by atoms with Crippen LogP contribution >= 0.6 is 0 Å². The quantitative estimate of drug-likeness (QED) is 0.772. The Morgan fingerprint density at radius 2 is 2.10 bits per heavy atom. The summed E-state index contributed by atoms with van der Waals surface area (Å²) in [5, 5.41) is 3.14. The molecule has 0 unspecified atom stereocenters. The first-order valence-electron chi connectivity index (χ1n) is 7.11. The van der Waals surface area contributed by atoms with E-state index in [1.165, 1.54) is 0 Å². The molecular formula is C15H22N2O3. The first kappa shape index (κ1) is 14.7. The van der Waals surface area contributed by atoms with Gasteiger partial charge in [-0.05, 0) is 37.6 Å². The maximum Gasteiger partial charge on any atom is 0.236 e. The highest BCUT2D eigenvalue weighted by molar-refractivity contribution is 5.78. The Bertz CT molecular complexity index is 462. The number of nitrogens with one attached hydrogen (secondary N) is 1. The lowest BCUT2D eigenvalue weighted by atomic mass is 10.2. The van der Waals surface area contributed by atoms with E-state index in [0.717, 1.165) is 30.0 Å². The molecule has 0 saturated heterocycles. The van der Waals surface area contributed by atoms with Crippen molar-refractivity contribution < 1.29 is 14.3 Å². The zero-order chi connectivity index (χ0) is 14.4. The zero-order valence-electron chi connectivity index (χ0n) is 12.1. The van der Waals surface area contributed by atoms with E-state index in [0.29, 0.717) is 19.6 Å². The van der Waals surface area contributed by atoms with Gasteiger partial charge in [-0.15, -0.1) is 0 Å². The van der Waals surface area contributed by atoms with Crippen LogP contribution < -0.4 is 14.8 Å². The van der Waals surface area contributed by atoms with E-state index in [1.54, 1.807) is 0 Å². The van der Waals surface area contributed by atoms with E-state index in [4.69, 9.17) is 9.47 Å². The van der Waals surface area contributed by atoms with Crippen LogP contribution in [-0.4, -0.2) is 37.2 Å². The Balaban J connectivity index is 1.94. The van der Waals surface area contributed by atoms with Crippen molar-refractivity contribution in [1.82, 2.24) is 10.2 Å². The Labute approximate surface area is 119 Å². The summed E-state index contributed by atoms with van der Waals surface area (Å²) in [7, 11) is 0. The van der Waals surface area contributed by atoms with Gasteiger partial charge in [0.2, 0.25) is 12.7 Å². The third-order valence-corrected chi connectivity index (χ3v) is 3.25. The standard InChI is InChI=1S/C15H22N2O3/c1-3-7-16-9-15(18)17(4-2)10-12-5-6-13-14(8-12)20-11-19-13/h5-6,8,16H,3-4,7,9-11H2,1-2H3. The highest BCUT2D eigenvalue weighted by Crippen LogP contribution is 2.32. The van der Waals surface area contributed by atoms with Crippen molar-refractivity contribution in [2.45, 2.75) is 26.8 Å². The van der Waals surface area contributed by atoms with Gasteiger partial charge in [-0.2, -0.15) is 0 Å². The predicted octanol–water partition coefficient (Wildman–Crippen LogP) is 1.76. The Hall–Kier alpha value is -1.75. The number of amides is 1. The van der Waals surface area contributed by atoms with Crippen LogP contribution in [0.4, 0.5) is 0 Å². The van der Waals surface area contributed by atoms with Gasteiger partial charge in [0.05, 0.1) is 6.54 Å². The van der Waals surface area contributed by atoms with Gasteiger partial charge >= 0.3 is 0 Å². The van der Waals surface area contributed by atoms with E-state index in [1.807, 2.05) is 30.0 Å². The van der Waals surface area contributed by atoms with Crippen molar-refractivity contribution in [2.75, 3.05) is 26.4 Å². The predicted molar refractivity (Wildman–Crippen MR) is 76.8 cm³/mol. The third kappa shape index (κ3) is 3.63. The van der Waals surface area contributed by atoms with Crippen LogP contribution in [0.25, 0.3) is 0 Å². The van der Waals surface area contributed by atoms with Crippen LogP contribution in [0.2, 0.25) is 0 Å². The van der Waals surface area contributed by atoms with Gasteiger partial charge in [0.25, 0.3) is 0 Å². The molecular weight excluding hydrogens is 256 g/mol. The molecule has 20 heavy (non-hydrogen) atoms. The molecule has 0 radical (unpaired) electrons. The van der Waals surface area contributed by atoms with Crippen molar-refractivity contribution in [2.24, 2.45) is 0 Å². The van der Waals surface area contributed by atoms with Crippen molar-refractivity contribution in [3.05, 3.63) is 23.8 Å². The molecule has 1 aromatic carbocycles. The zero-order valence-corrected chi connectivity index (χ0v) is 12.1. The number of hydrogen-bond donors (Lipinski definition) is 1. The van der Waals surface area contributed by atoms with E-state index >= 15 is 0 Å². The van der Waals surface area contributed by atoms with Gasteiger partial charge in [0.15, 0.2) is 11.5 Å². The minimum absolute atomic E-state index is 0.124. The number of hydrogen-bond acceptors (Lipinski definition) is 4. The monoisotopic (exact) mass is 278 g/mol. The molecule has 0 aliphatic carbocycles. The molecule has 5 heteroatoms. The number of rotatable bonds is 7. The third-order valence-electron chi connectivity index (χ3n) is 3.25. The number of carbonyl (C=O) groups is 1. The molecule has 1 amide bonds. The molecule has 2 rings (SSSR count). The smallest absolute Gasteiger partial charge is 0.236 e. The topological polar surface area (TPSA) is 50.8 Å². The molecule has 1 aromatic rings. The van der Waals surface area contributed by atoms with Crippen molar-refractivity contribution >= 4 is 5.91 Å². The number of carbonyl (C=O) groups excluding carboxylic acids is 1. The Morgan fingerprint density at radius 1 is 1.30 bits per heavy atom. The number of ether oxygens (including phenoxy) is 2. The van der Waals surface area contributed by atoms with Gasteiger partial charge in [0, 0.05) is 13.1 Å². The second-order valence-electron chi connectivity index (χ2n) is 4.77. The lowest BCUT2D eigenvalue weighted by molar-refractivity contribution is -0.130. The second-order valence-corrected chi connectivity index (χ2v) is 4.77. The number of nitrogens with zero attached hydrogens (tertiary/aromatic N) is 1. The highest BCUT2D eigenvalue weighted by Gasteiger charge is 2.16. The number of benzene rings is 1. The molecule has 110 valence electrons. The van der Waals surface area contributed by atoms with Gasteiger partial charge in [-0.3, -0.25) is 4.79 Å². The summed E-state index contributed by atoms with van der Waals surface area (Å²) >= 11 is 0. The van der Waals surface area contributed by atoms with Gasteiger partial charge < -0.3 is 19.7 Å². The number of fused-ring (bicyclic) bond motifs is 1. The molecule has 1 aliphatic heterocycles. The SMILES string of the molecule is CCCNCC(=O)N(CC)Cc1ccc2c(c1)OCO2. The summed E-state index contributed by atoms with van der Waals surface area (Å²) in [6.07, 6.45) is 1.03. The van der Waals surface area contributed by atoms with Gasteiger partial charge in [0.1, 0.15) is 0 Å². The molecule has 1 heterocycles. The maximum atomic E-state index is 12.1. The molecule has 0 fully saturated rings. The lowest BCUT2D eigenvalue weighted by Crippen LogP contribution is -2.37. The van der Waals surface area contributed by atoms with Crippen LogP contribution in [0.1, 0.15) is 25.8 Å². The van der Waals surface area contributed by atoms with Crippen molar-refractivity contribution in [3.63, 3.8) is 0 Å². The number of likely N-dealkylation sites (N-methyl/N-ethyl adjacent to an activating group) is 1. The summed E-state index contributed by atoms with van der Waals surface area (Å²) < 4.78 is 10.6. The average molecular weight is 278 g/mol. The fourth-order valence-corrected chi connectivity index (χ4v) is 2.12. The minimum Gasteiger partial charge on any atom is -0.454 e. The first-order chi connectivity index (χ1) is 9.74. The molecule has 5 nitrogen and oxygen atoms in total. The Kier molecular flexibility index (Phi) is 5.24. The minimum atomic E-state index is 0.124. The van der Waals surface area contributed by atoms with E-state index < -0.39 is 0 Å². The van der Waals surface area contributed by atoms with Crippen LogP contribution in [0.15, 0.2) is 18.2 Å². The fourth-order valence-electron chi connectivity index (χ4n) is 2.12. The molecule has 1 N–H and O–H groups in total. The lowest BCUT2D eigenvalue weighted by Gasteiger charge is -2.21. The highest BCUT2D eigenvalue weighted by atomic mass is 16.7. The molecule has 0 saturated carbocycles. The van der Waals surface area contributed by atoms with Crippen LogP contribution in [-0.2, 0) is 11.3 Å². The van der Waals surface area contributed by atoms with E-state index in [9.17, 15) is 4.79 Å². The molecule has 0 atom stereocenters. The summed E-state index contributed by atoms with van der Waals surface area (Å²) in [5.41, 5.74) is 1.06. The van der Waals surface area contributed by atoms with Gasteiger partial charge in [-0.1, -0.05) is 13.0 Å². The Morgan fingerprint density at radius 3 is 2.85 bits per heavy atom. The van der Waals surface area contributed by atoms with E-state index in [2.05, 4.69) is 12.2 Å². The van der Waals surface area contributed by atoms with E-state index in [-0.39, 0.29) is 12.7 Å². The van der Waals surface area contributed by atoms with Crippen molar-refractivity contribution in [3.8, 4) is 11.5 Å². The summed E-state index contributed by atoms with van der Waals surface area (Å²) in [6, 6.07) is 5.81. The van der Waals surface area contributed by atoms with Crippen molar-refractivity contribution in [1.29, 1.82) is 0 Å².